The fraction of sp³-hybridized carbons (Fsp3) is 0.333. The van der Waals surface area contributed by atoms with Crippen LogP contribution in [0.3, 0.4) is 0 Å². The zero-order chi connectivity index (χ0) is 14.8. The fourth-order valence-electron chi connectivity index (χ4n) is 2.45. The van der Waals surface area contributed by atoms with Gasteiger partial charge in [0.15, 0.2) is 0 Å². The van der Waals surface area contributed by atoms with Gasteiger partial charge in [-0.3, -0.25) is 0 Å². The lowest BCUT2D eigenvalue weighted by Crippen LogP contribution is -2.23. The number of hydrogen-bond acceptors (Lipinski definition) is 1. The van der Waals surface area contributed by atoms with Crippen molar-refractivity contribution >= 4 is 15.9 Å². The summed E-state index contributed by atoms with van der Waals surface area (Å²) in [5.41, 5.74) is 3.73. The van der Waals surface area contributed by atoms with Gasteiger partial charge in [-0.2, -0.15) is 0 Å². The molecule has 1 nitrogen and oxygen atoms in total. The van der Waals surface area contributed by atoms with Gasteiger partial charge < -0.3 is 4.74 Å². The quantitative estimate of drug-likeness (QED) is 0.679. The average molecular weight is 333 g/mol. The van der Waals surface area contributed by atoms with Crippen LogP contribution in [-0.2, 0) is 5.41 Å². The summed E-state index contributed by atoms with van der Waals surface area (Å²) >= 11 is 3.89. The second kappa shape index (κ2) is 6.01. The van der Waals surface area contributed by atoms with E-state index >= 15 is 0 Å². The molecule has 0 fully saturated rings. The maximum Gasteiger partial charge on any atom is 0.123 e. The average Bonchev–Trinajstić information content (AvgIpc) is 2.47. The molecule has 2 aromatic carbocycles. The lowest BCUT2D eigenvalue weighted by molar-refractivity contribution is 0.401. The molecule has 0 N–H and O–H groups in total. The van der Waals surface area contributed by atoms with Crippen molar-refractivity contribution < 1.29 is 4.74 Å². The fourth-order valence-corrected chi connectivity index (χ4v) is 3.08. The van der Waals surface area contributed by atoms with E-state index in [4.69, 9.17) is 4.74 Å². The van der Waals surface area contributed by atoms with Gasteiger partial charge in [-0.15, -0.1) is 0 Å². The zero-order valence-electron chi connectivity index (χ0n) is 12.5. The Hall–Kier alpha value is -1.28. The van der Waals surface area contributed by atoms with E-state index < -0.39 is 0 Å². The molecule has 2 heteroatoms. The Bertz CT molecular complexity index is 575. The third-order valence-electron chi connectivity index (χ3n) is 3.81. The first-order valence-electron chi connectivity index (χ1n) is 6.81. The van der Waals surface area contributed by atoms with Crippen LogP contribution >= 0.6 is 15.9 Å². The van der Waals surface area contributed by atoms with Crippen LogP contribution < -0.4 is 4.74 Å². The van der Waals surface area contributed by atoms with Crippen molar-refractivity contribution in [2.75, 3.05) is 7.11 Å². The molecule has 0 saturated heterocycles. The van der Waals surface area contributed by atoms with Crippen LogP contribution in [0.4, 0.5) is 0 Å². The highest BCUT2D eigenvalue weighted by Gasteiger charge is 2.32. The van der Waals surface area contributed by atoms with Crippen molar-refractivity contribution in [1.82, 2.24) is 0 Å². The van der Waals surface area contributed by atoms with E-state index in [2.05, 4.69) is 79.2 Å². The van der Waals surface area contributed by atoms with Gasteiger partial charge >= 0.3 is 0 Å². The molecule has 0 heterocycles. The highest BCUT2D eigenvalue weighted by atomic mass is 79.9. The predicted octanol–water partition coefficient (Wildman–Crippen LogP) is 5.42. The highest BCUT2D eigenvalue weighted by Crippen LogP contribution is 2.46. The molecule has 1 atom stereocenters. The van der Waals surface area contributed by atoms with Crippen LogP contribution in [0.2, 0.25) is 0 Å². The van der Waals surface area contributed by atoms with Crippen LogP contribution in [0, 0.1) is 6.92 Å². The molecular weight excluding hydrogens is 312 g/mol. The number of aryl methyl sites for hydroxylation is 1. The normalized spacial score (nSPS) is 13.1. The van der Waals surface area contributed by atoms with Crippen molar-refractivity contribution in [3.63, 3.8) is 0 Å². The van der Waals surface area contributed by atoms with Gasteiger partial charge in [0.05, 0.1) is 11.9 Å². The number of rotatable bonds is 4. The number of halogens is 1. The minimum Gasteiger partial charge on any atom is -0.496 e. The van der Waals surface area contributed by atoms with E-state index in [9.17, 15) is 0 Å². The minimum absolute atomic E-state index is 0.0255. The standard InChI is InChI=1S/C18H21BrO/c1-13-10-11-16(20-4)15(12-13)17(19)18(2,3)14-8-6-5-7-9-14/h5-12,17H,1-4H3. The van der Waals surface area contributed by atoms with E-state index in [1.54, 1.807) is 7.11 Å². The molecule has 20 heavy (non-hydrogen) atoms. The summed E-state index contributed by atoms with van der Waals surface area (Å²) in [5, 5.41) is 0. The van der Waals surface area contributed by atoms with Gasteiger partial charge in [0.25, 0.3) is 0 Å². The Labute approximate surface area is 130 Å². The van der Waals surface area contributed by atoms with Crippen LogP contribution in [-0.4, -0.2) is 7.11 Å². The molecule has 0 aliphatic rings. The predicted molar refractivity (Wildman–Crippen MR) is 88.9 cm³/mol. The van der Waals surface area contributed by atoms with Crippen LogP contribution in [0.1, 0.15) is 35.4 Å². The number of alkyl halides is 1. The van der Waals surface area contributed by atoms with E-state index in [1.807, 2.05) is 6.07 Å². The molecular formula is C18H21BrO. The first kappa shape index (κ1) is 15.1. The monoisotopic (exact) mass is 332 g/mol. The van der Waals surface area contributed by atoms with Crippen molar-refractivity contribution in [2.45, 2.75) is 31.0 Å². The van der Waals surface area contributed by atoms with Crippen molar-refractivity contribution in [2.24, 2.45) is 0 Å². The SMILES string of the molecule is COc1ccc(C)cc1C(Br)C(C)(C)c1ccccc1. The Morgan fingerprint density at radius 1 is 1.05 bits per heavy atom. The molecule has 0 aliphatic carbocycles. The lowest BCUT2D eigenvalue weighted by atomic mass is 9.78. The molecule has 0 aliphatic heterocycles. The first-order valence-corrected chi connectivity index (χ1v) is 7.72. The van der Waals surface area contributed by atoms with Gasteiger partial charge in [0, 0.05) is 11.0 Å². The summed E-state index contributed by atoms with van der Waals surface area (Å²) in [6.45, 7) is 6.62. The van der Waals surface area contributed by atoms with E-state index in [0.29, 0.717) is 0 Å². The maximum absolute atomic E-state index is 5.52. The first-order chi connectivity index (χ1) is 9.46. The number of ether oxygens (including phenoxy) is 1. The molecule has 2 rings (SSSR count). The van der Waals surface area contributed by atoms with E-state index in [-0.39, 0.29) is 10.2 Å². The maximum atomic E-state index is 5.52. The van der Waals surface area contributed by atoms with E-state index in [1.165, 1.54) is 16.7 Å². The molecule has 0 bridgehead atoms. The van der Waals surface area contributed by atoms with Crippen molar-refractivity contribution in [3.05, 3.63) is 65.2 Å². The molecule has 2 aromatic rings. The lowest BCUT2D eigenvalue weighted by Gasteiger charge is -2.32. The van der Waals surface area contributed by atoms with Gasteiger partial charge in [-0.25, -0.2) is 0 Å². The van der Waals surface area contributed by atoms with Gasteiger partial charge in [-0.1, -0.05) is 77.8 Å². The minimum atomic E-state index is -0.0255. The summed E-state index contributed by atoms with van der Waals surface area (Å²) in [6, 6.07) is 16.9. The zero-order valence-corrected chi connectivity index (χ0v) is 14.1. The van der Waals surface area contributed by atoms with Crippen LogP contribution in [0.5, 0.6) is 5.75 Å². The Kier molecular flexibility index (Phi) is 4.54. The van der Waals surface area contributed by atoms with Crippen LogP contribution in [0.15, 0.2) is 48.5 Å². The molecule has 0 saturated carbocycles. The third kappa shape index (κ3) is 2.90. The molecule has 1 unspecified atom stereocenters. The summed E-state index contributed by atoms with van der Waals surface area (Å²) in [6.07, 6.45) is 0. The molecule has 0 aromatic heterocycles. The van der Waals surface area contributed by atoms with Crippen molar-refractivity contribution in [3.8, 4) is 5.75 Å². The molecule has 106 valence electrons. The number of hydrogen-bond donors (Lipinski definition) is 0. The topological polar surface area (TPSA) is 9.23 Å². The number of methoxy groups -OCH3 is 1. The smallest absolute Gasteiger partial charge is 0.123 e. The van der Waals surface area contributed by atoms with Crippen molar-refractivity contribution in [1.29, 1.82) is 0 Å². The van der Waals surface area contributed by atoms with Gasteiger partial charge in [0.2, 0.25) is 0 Å². The Morgan fingerprint density at radius 2 is 1.70 bits per heavy atom. The third-order valence-corrected chi connectivity index (χ3v) is 5.45. The largest absolute Gasteiger partial charge is 0.496 e. The molecule has 0 spiro atoms. The second-order valence-electron chi connectivity index (χ2n) is 5.70. The van der Waals surface area contributed by atoms with Gasteiger partial charge in [-0.05, 0) is 18.6 Å². The summed E-state index contributed by atoms with van der Waals surface area (Å²) in [4.78, 5) is 0.187. The molecule has 0 amide bonds. The van der Waals surface area contributed by atoms with Crippen LogP contribution in [0.25, 0.3) is 0 Å². The number of benzene rings is 2. The van der Waals surface area contributed by atoms with E-state index in [0.717, 1.165) is 5.75 Å². The summed E-state index contributed by atoms with van der Waals surface area (Å²) < 4.78 is 5.52. The summed E-state index contributed by atoms with van der Waals surface area (Å²) in [5.74, 6) is 0.932. The second-order valence-corrected chi connectivity index (χ2v) is 6.61. The molecule has 0 radical (unpaired) electrons. The Morgan fingerprint density at radius 3 is 2.30 bits per heavy atom. The summed E-state index contributed by atoms with van der Waals surface area (Å²) in [7, 11) is 1.73. The Balaban J connectivity index is 2.45. The highest BCUT2D eigenvalue weighted by molar-refractivity contribution is 9.09. The van der Waals surface area contributed by atoms with Gasteiger partial charge in [0.1, 0.15) is 5.75 Å².